The maximum atomic E-state index is 13.1. The van der Waals surface area contributed by atoms with E-state index in [1.165, 1.54) is 52.7 Å². The van der Waals surface area contributed by atoms with Crippen LogP contribution in [0.15, 0.2) is 63.4 Å². The number of thioether (sulfide) groups is 2. The Morgan fingerprint density at radius 2 is 2.00 bits per heavy atom. The molecule has 1 N–H and O–H groups in total. The predicted octanol–water partition coefficient (Wildman–Crippen LogP) is 4.42. The van der Waals surface area contributed by atoms with Crippen LogP contribution in [-0.2, 0) is 11.2 Å². The monoisotopic (exact) mass is 524 g/mol. The number of nitro groups is 1. The second-order valence-corrected chi connectivity index (χ2v) is 9.14. The molecular formula is C21H15F3N4O5S2. The van der Waals surface area contributed by atoms with Crippen LogP contribution in [-0.4, -0.2) is 38.2 Å². The fraction of sp³-hybridized carbons (Fsp3) is 0.190. The van der Waals surface area contributed by atoms with E-state index in [-0.39, 0.29) is 33.5 Å². The molecule has 1 amide bonds. The number of carbonyl (C=O) groups is 1. The summed E-state index contributed by atoms with van der Waals surface area (Å²) in [7, 11) is 0. The molecule has 1 aliphatic heterocycles. The molecule has 0 aliphatic carbocycles. The van der Waals surface area contributed by atoms with Crippen molar-refractivity contribution in [3.8, 4) is 11.4 Å². The van der Waals surface area contributed by atoms with Crippen LogP contribution in [0.25, 0.3) is 5.69 Å². The van der Waals surface area contributed by atoms with Crippen molar-refractivity contribution in [2.45, 2.75) is 22.8 Å². The van der Waals surface area contributed by atoms with Crippen LogP contribution in [0.4, 0.5) is 24.5 Å². The number of rotatable bonds is 7. The number of nitrogens with one attached hydrogen (secondary N) is 1. The van der Waals surface area contributed by atoms with Gasteiger partial charge < -0.3 is 10.1 Å². The Morgan fingerprint density at radius 3 is 2.69 bits per heavy atom. The largest absolute Gasteiger partial charge is 0.573 e. The van der Waals surface area contributed by atoms with Crippen LogP contribution < -0.4 is 15.6 Å². The van der Waals surface area contributed by atoms with E-state index in [0.717, 1.165) is 23.9 Å². The molecule has 0 saturated heterocycles. The number of nitrogens with zero attached hydrogens (tertiary/aromatic N) is 3. The summed E-state index contributed by atoms with van der Waals surface area (Å²) in [5.74, 6) is -0.434. The maximum Gasteiger partial charge on any atom is 0.573 e. The quantitative estimate of drug-likeness (QED) is 0.209. The van der Waals surface area contributed by atoms with E-state index < -0.39 is 22.9 Å². The minimum atomic E-state index is -4.85. The highest BCUT2D eigenvalue weighted by Crippen LogP contribution is 2.31. The van der Waals surface area contributed by atoms with Crippen molar-refractivity contribution in [2.75, 3.05) is 16.8 Å². The number of halogens is 3. The molecule has 0 radical (unpaired) electrons. The van der Waals surface area contributed by atoms with E-state index in [4.69, 9.17) is 0 Å². The topological polar surface area (TPSA) is 116 Å². The zero-order chi connectivity index (χ0) is 25.2. The van der Waals surface area contributed by atoms with Crippen molar-refractivity contribution in [1.82, 2.24) is 9.55 Å². The first-order valence-electron chi connectivity index (χ1n) is 9.93. The third-order valence-electron chi connectivity index (χ3n) is 4.67. The van der Waals surface area contributed by atoms with Crippen molar-refractivity contribution < 1.29 is 27.6 Å². The first kappa shape index (κ1) is 24.6. The molecular weight excluding hydrogens is 509 g/mol. The van der Waals surface area contributed by atoms with E-state index in [2.05, 4.69) is 15.0 Å². The van der Waals surface area contributed by atoms with Gasteiger partial charge in [0.05, 0.1) is 27.0 Å². The molecule has 4 rings (SSSR count). The number of anilines is 1. The average Bonchev–Trinajstić information content (AvgIpc) is 3.27. The smallest absolute Gasteiger partial charge is 0.406 e. The van der Waals surface area contributed by atoms with Crippen molar-refractivity contribution in [3.63, 3.8) is 0 Å². The summed E-state index contributed by atoms with van der Waals surface area (Å²) in [6.07, 6.45) is -4.28. The van der Waals surface area contributed by atoms with Crippen LogP contribution in [0.5, 0.6) is 5.75 Å². The van der Waals surface area contributed by atoms with Crippen LogP contribution in [0, 0.1) is 10.1 Å². The number of ether oxygens (including phenoxy) is 1. The highest BCUT2D eigenvalue weighted by atomic mass is 32.2. The zero-order valence-corrected chi connectivity index (χ0v) is 19.2. The van der Waals surface area contributed by atoms with Crippen molar-refractivity contribution in [1.29, 1.82) is 0 Å². The minimum Gasteiger partial charge on any atom is -0.406 e. The Morgan fingerprint density at radius 1 is 1.26 bits per heavy atom. The Kier molecular flexibility index (Phi) is 7.03. The predicted molar refractivity (Wildman–Crippen MR) is 123 cm³/mol. The fourth-order valence-electron chi connectivity index (χ4n) is 3.24. The number of benzene rings is 2. The summed E-state index contributed by atoms with van der Waals surface area (Å²) >= 11 is 2.30. The summed E-state index contributed by atoms with van der Waals surface area (Å²) < 4.78 is 42.5. The van der Waals surface area contributed by atoms with Gasteiger partial charge >= 0.3 is 6.36 Å². The first-order valence-corrected chi connectivity index (χ1v) is 11.9. The lowest BCUT2D eigenvalue weighted by molar-refractivity contribution is -0.384. The third kappa shape index (κ3) is 5.95. The highest BCUT2D eigenvalue weighted by Gasteiger charge is 2.31. The van der Waals surface area contributed by atoms with Gasteiger partial charge in [-0.05, 0) is 30.3 Å². The van der Waals surface area contributed by atoms with E-state index in [1.807, 2.05) is 0 Å². The Balaban J connectivity index is 1.57. The van der Waals surface area contributed by atoms with Crippen LogP contribution in [0.3, 0.4) is 0 Å². The summed E-state index contributed by atoms with van der Waals surface area (Å²) in [5, 5.41) is 13.7. The number of non-ortho nitro benzene ring substituents is 1. The molecule has 35 heavy (non-hydrogen) atoms. The second kappa shape index (κ2) is 10.00. The van der Waals surface area contributed by atoms with Crippen LogP contribution in [0.1, 0.15) is 5.69 Å². The molecule has 182 valence electrons. The Bertz CT molecular complexity index is 1350. The van der Waals surface area contributed by atoms with Crippen LogP contribution >= 0.6 is 23.5 Å². The molecule has 0 unspecified atom stereocenters. The van der Waals surface area contributed by atoms with Gasteiger partial charge in [-0.25, -0.2) is 4.98 Å². The lowest BCUT2D eigenvalue weighted by Gasteiger charge is -2.15. The number of carbonyl (C=O) groups excluding carboxylic acids is 1. The van der Waals surface area contributed by atoms with Crippen molar-refractivity contribution in [3.05, 3.63) is 74.7 Å². The first-order chi connectivity index (χ1) is 16.6. The number of hydrogen-bond acceptors (Lipinski definition) is 8. The molecule has 2 heterocycles. The molecule has 14 heteroatoms. The summed E-state index contributed by atoms with van der Waals surface area (Å²) in [6.45, 7) is 0. The minimum absolute atomic E-state index is 0.170. The lowest BCUT2D eigenvalue weighted by Crippen LogP contribution is -2.24. The molecule has 3 aromatic rings. The summed E-state index contributed by atoms with van der Waals surface area (Å²) in [5.41, 5.74) is 0.521. The van der Waals surface area contributed by atoms with Gasteiger partial charge in [-0.3, -0.25) is 24.3 Å². The molecule has 0 fully saturated rings. The van der Waals surface area contributed by atoms with E-state index >= 15 is 0 Å². The van der Waals surface area contributed by atoms with Gasteiger partial charge in [-0.1, -0.05) is 17.8 Å². The number of fused-ring (bicyclic) bond motifs is 1. The second-order valence-electron chi connectivity index (χ2n) is 7.10. The average molecular weight is 525 g/mol. The van der Waals surface area contributed by atoms with Crippen molar-refractivity contribution >= 4 is 40.8 Å². The molecule has 0 bridgehead atoms. The van der Waals surface area contributed by atoms with Gasteiger partial charge in [0.15, 0.2) is 5.16 Å². The van der Waals surface area contributed by atoms with Gasteiger partial charge in [0.1, 0.15) is 5.75 Å². The SMILES string of the molecule is O=C(CSc1nc2c(c(=O)n1-c1ccc(OC(F)(F)F)cc1)SCC2)Nc1cccc([N+](=O)[O-])c1. The van der Waals surface area contributed by atoms with Gasteiger partial charge in [0.2, 0.25) is 5.91 Å². The number of aromatic nitrogens is 2. The zero-order valence-electron chi connectivity index (χ0n) is 17.6. The lowest BCUT2D eigenvalue weighted by atomic mass is 10.3. The standard InChI is InChI=1S/C21H15F3N4O5S2/c22-21(23,24)33-15-6-4-13(5-7-15)27-19(30)18-16(8-9-34-18)26-20(27)35-11-17(29)25-12-2-1-3-14(10-12)28(31)32/h1-7,10H,8-9,11H2,(H,25,29). The molecule has 1 aromatic heterocycles. The number of alkyl halides is 3. The fourth-order valence-corrected chi connectivity index (χ4v) is 5.09. The Hall–Kier alpha value is -3.52. The van der Waals surface area contributed by atoms with Crippen LogP contribution in [0.2, 0.25) is 0 Å². The van der Waals surface area contributed by atoms with Crippen molar-refractivity contribution in [2.24, 2.45) is 0 Å². The molecule has 9 nitrogen and oxygen atoms in total. The maximum absolute atomic E-state index is 13.1. The summed E-state index contributed by atoms with van der Waals surface area (Å²) in [6, 6.07) is 10.2. The van der Waals surface area contributed by atoms with E-state index in [0.29, 0.717) is 22.8 Å². The summed E-state index contributed by atoms with van der Waals surface area (Å²) in [4.78, 5) is 40.9. The highest BCUT2D eigenvalue weighted by molar-refractivity contribution is 8.00. The molecule has 1 aliphatic rings. The number of amides is 1. The van der Waals surface area contributed by atoms with E-state index in [1.54, 1.807) is 0 Å². The molecule has 0 spiro atoms. The number of hydrogen-bond donors (Lipinski definition) is 1. The Labute approximate surface area is 203 Å². The molecule has 2 aromatic carbocycles. The van der Waals surface area contributed by atoms with Gasteiger partial charge in [0.25, 0.3) is 11.2 Å². The van der Waals surface area contributed by atoms with E-state index in [9.17, 15) is 32.9 Å². The normalized spacial score (nSPS) is 12.8. The van der Waals surface area contributed by atoms with Gasteiger partial charge in [0, 0.05) is 30.0 Å². The number of aryl methyl sites for hydroxylation is 1. The molecule has 0 saturated carbocycles. The van der Waals surface area contributed by atoms with Gasteiger partial charge in [-0.15, -0.1) is 24.9 Å². The molecule has 0 atom stereocenters. The number of nitro benzene ring substituents is 1. The van der Waals surface area contributed by atoms with Gasteiger partial charge in [-0.2, -0.15) is 0 Å². The third-order valence-corrected chi connectivity index (χ3v) is 6.71.